The van der Waals surface area contributed by atoms with E-state index in [0.717, 1.165) is 0 Å². The molecule has 2 heterocycles. The molecule has 14 heavy (non-hydrogen) atoms. The van der Waals surface area contributed by atoms with Gasteiger partial charge in [0.05, 0.1) is 12.5 Å². The molecule has 1 amide bonds. The predicted molar refractivity (Wildman–Crippen MR) is 49.1 cm³/mol. The average molecular weight is 215 g/mol. The maximum Gasteiger partial charge on any atom is 0.353 e. The number of aliphatic hydroxyl groups is 1. The molecule has 1 fully saturated rings. The van der Waals surface area contributed by atoms with Crippen molar-refractivity contribution >= 4 is 23.6 Å². The van der Waals surface area contributed by atoms with Crippen LogP contribution in [0.15, 0.2) is 10.6 Å². The van der Waals surface area contributed by atoms with Gasteiger partial charge in [-0.15, -0.1) is 11.8 Å². The number of aliphatic hydroxyl groups excluding tert-OH is 1. The number of nitrogens with zero attached hydrogens (tertiary/aromatic N) is 1. The number of β-lactam (4-membered cyclic amide) rings is 1. The smallest absolute Gasteiger partial charge is 0.353 e. The van der Waals surface area contributed by atoms with Crippen LogP contribution in [0.3, 0.4) is 0 Å². The number of rotatable bonds is 2. The van der Waals surface area contributed by atoms with Crippen molar-refractivity contribution < 1.29 is 19.8 Å². The van der Waals surface area contributed by atoms with Crippen LogP contribution in [0.25, 0.3) is 0 Å². The van der Waals surface area contributed by atoms with Gasteiger partial charge in [-0.25, -0.2) is 4.79 Å². The fourth-order valence-electron chi connectivity index (χ4n) is 1.72. The Kier molecular flexibility index (Phi) is 2.04. The van der Waals surface area contributed by atoms with Crippen molar-refractivity contribution in [3.8, 4) is 0 Å². The number of hydrogen-bond donors (Lipinski definition) is 2. The summed E-state index contributed by atoms with van der Waals surface area (Å²) in [4.78, 5) is 24.1. The summed E-state index contributed by atoms with van der Waals surface area (Å²) in [5, 5.41) is 17.5. The molecule has 0 unspecified atom stereocenters. The van der Waals surface area contributed by atoms with Gasteiger partial charge < -0.3 is 10.2 Å². The number of carbonyl (C=O) groups excluding carboxylic acids is 1. The molecule has 2 aliphatic heterocycles. The Morgan fingerprint density at radius 2 is 2.29 bits per heavy atom. The number of carboxylic acid groups (broad SMARTS) is 1. The Bertz CT molecular complexity index is 351. The van der Waals surface area contributed by atoms with Gasteiger partial charge in [-0.05, 0) is 6.92 Å². The van der Waals surface area contributed by atoms with E-state index in [4.69, 9.17) is 10.2 Å². The SMILES string of the molecule is CC1=C(C(=O)O)N2C(=O)[C@@H](CO)[C@H]2S1. The zero-order chi connectivity index (χ0) is 10.5. The van der Waals surface area contributed by atoms with Crippen molar-refractivity contribution in [3.05, 3.63) is 10.6 Å². The normalized spacial score (nSPS) is 30.4. The Morgan fingerprint density at radius 3 is 2.79 bits per heavy atom. The van der Waals surface area contributed by atoms with Crippen LogP contribution >= 0.6 is 11.8 Å². The lowest BCUT2D eigenvalue weighted by Crippen LogP contribution is -2.58. The number of aliphatic carboxylic acids is 1. The number of fused-ring (bicyclic) bond motifs is 1. The van der Waals surface area contributed by atoms with Crippen LogP contribution in [0, 0.1) is 5.92 Å². The zero-order valence-electron chi connectivity index (χ0n) is 7.43. The quantitative estimate of drug-likeness (QED) is 0.625. The first-order chi connectivity index (χ1) is 6.57. The second kappa shape index (κ2) is 2.99. The van der Waals surface area contributed by atoms with Crippen LogP contribution in [-0.2, 0) is 9.59 Å². The van der Waals surface area contributed by atoms with Gasteiger partial charge in [-0.3, -0.25) is 9.69 Å². The highest BCUT2D eigenvalue weighted by atomic mass is 32.2. The number of hydrogen-bond acceptors (Lipinski definition) is 4. The highest BCUT2D eigenvalue weighted by Crippen LogP contribution is 2.48. The first-order valence-corrected chi connectivity index (χ1v) is 5.00. The molecule has 2 aliphatic rings. The summed E-state index contributed by atoms with van der Waals surface area (Å²) < 4.78 is 0. The van der Waals surface area contributed by atoms with Gasteiger partial charge in [0, 0.05) is 4.91 Å². The molecule has 0 saturated carbocycles. The molecule has 6 heteroatoms. The molecule has 2 rings (SSSR count). The molecule has 2 atom stereocenters. The Morgan fingerprint density at radius 1 is 1.64 bits per heavy atom. The summed E-state index contributed by atoms with van der Waals surface area (Å²) in [7, 11) is 0. The number of carboxylic acids is 1. The molecule has 0 aliphatic carbocycles. The lowest BCUT2D eigenvalue weighted by Gasteiger charge is -2.41. The highest BCUT2D eigenvalue weighted by molar-refractivity contribution is 8.04. The van der Waals surface area contributed by atoms with Crippen LogP contribution in [-0.4, -0.2) is 39.0 Å². The molecule has 1 saturated heterocycles. The van der Waals surface area contributed by atoms with Crippen molar-refractivity contribution in [1.29, 1.82) is 0 Å². The summed E-state index contributed by atoms with van der Waals surface area (Å²) in [6, 6.07) is 0. The Hall–Kier alpha value is -1.01. The largest absolute Gasteiger partial charge is 0.477 e. The van der Waals surface area contributed by atoms with E-state index in [9.17, 15) is 9.59 Å². The first kappa shape index (κ1) is 9.54. The van der Waals surface area contributed by atoms with Crippen molar-refractivity contribution in [2.45, 2.75) is 12.3 Å². The number of allylic oxidation sites excluding steroid dienone is 1. The van der Waals surface area contributed by atoms with E-state index in [1.807, 2.05) is 0 Å². The third kappa shape index (κ3) is 1.01. The lowest BCUT2D eigenvalue weighted by molar-refractivity contribution is -0.153. The van der Waals surface area contributed by atoms with E-state index in [1.165, 1.54) is 16.7 Å². The molecule has 76 valence electrons. The second-order valence-corrected chi connectivity index (χ2v) is 4.55. The molecule has 0 aromatic carbocycles. The Balaban J connectivity index is 2.27. The van der Waals surface area contributed by atoms with Crippen LogP contribution in [0.4, 0.5) is 0 Å². The summed E-state index contributed by atoms with van der Waals surface area (Å²) in [6.45, 7) is 1.46. The summed E-state index contributed by atoms with van der Waals surface area (Å²) in [5.41, 5.74) is 0.0645. The molecule has 5 nitrogen and oxygen atoms in total. The molecule has 2 N–H and O–H groups in total. The minimum atomic E-state index is -1.08. The number of thioether (sulfide) groups is 1. The molecule has 0 aromatic rings. The monoisotopic (exact) mass is 215 g/mol. The fraction of sp³-hybridized carbons (Fsp3) is 0.500. The molecular formula is C8H9NO4S. The third-order valence-electron chi connectivity index (χ3n) is 2.42. The van der Waals surface area contributed by atoms with Gasteiger partial charge in [0.25, 0.3) is 0 Å². The van der Waals surface area contributed by atoms with E-state index in [1.54, 1.807) is 6.92 Å². The predicted octanol–water partition coefficient (Wildman–Crippen LogP) is -0.174. The van der Waals surface area contributed by atoms with Gasteiger partial charge in [-0.2, -0.15) is 0 Å². The third-order valence-corrected chi connectivity index (χ3v) is 3.75. The molecular weight excluding hydrogens is 206 g/mol. The molecule has 0 radical (unpaired) electrons. The standard InChI is InChI=1S/C8H9NO4S/c1-3-5(8(12)13)9-6(11)4(2-10)7(9)14-3/h4,7,10H,2H2,1H3,(H,12,13)/t4-,7-/m1/s1. The van der Waals surface area contributed by atoms with Crippen molar-refractivity contribution in [2.24, 2.45) is 5.92 Å². The van der Waals surface area contributed by atoms with Crippen LogP contribution in [0.1, 0.15) is 6.92 Å². The van der Waals surface area contributed by atoms with Gasteiger partial charge in [-0.1, -0.05) is 0 Å². The Labute approximate surface area is 84.4 Å². The van der Waals surface area contributed by atoms with Gasteiger partial charge in [0.15, 0.2) is 0 Å². The van der Waals surface area contributed by atoms with Gasteiger partial charge >= 0.3 is 5.97 Å². The minimum absolute atomic E-state index is 0.0645. The fourth-order valence-corrected chi connectivity index (χ4v) is 3.07. The minimum Gasteiger partial charge on any atom is -0.477 e. The van der Waals surface area contributed by atoms with Crippen molar-refractivity contribution in [2.75, 3.05) is 6.61 Å². The van der Waals surface area contributed by atoms with Crippen LogP contribution < -0.4 is 0 Å². The van der Waals surface area contributed by atoms with Crippen LogP contribution in [0.5, 0.6) is 0 Å². The summed E-state index contributed by atoms with van der Waals surface area (Å²) >= 11 is 1.33. The van der Waals surface area contributed by atoms with Crippen molar-refractivity contribution in [3.63, 3.8) is 0 Å². The number of carbonyl (C=O) groups is 2. The van der Waals surface area contributed by atoms with E-state index in [2.05, 4.69) is 0 Å². The summed E-state index contributed by atoms with van der Waals surface area (Å²) in [5.74, 6) is -1.81. The molecule has 0 spiro atoms. The van der Waals surface area contributed by atoms with E-state index < -0.39 is 11.9 Å². The molecule has 0 bridgehead atoms. The molecule has 0 aromatic heterocycles. The second-order valence-electron chi connectivity index (χ2n) is 3.22. The maximum absolute atomic E-state index is 11.4. The van der Waals surface area contributed by atoms with Crippen molar-refractivity contribution in [1.82, 2.24) is 4.90 Å². The first-order valence-electron chi connectivity index (χ1n) is 4.12. The lowest BCUT2D eigenvalue weighted by atomic mass is 9.98. The summed E-state index contributed by atoms with van der Waals surface area (Å²) in [6.07, 6.45) is 0. The van der Waals surface area contributed by atoms with Gasteiger partial charge in [0.1, 0.15) is 11.1 Å². The highest BCUT2D eigenvalue weighted by Gasteiger charge is 2.54. The topological polar surface area (TPSA) is 77.8 Å². The van der Waals surface area contributed by atoms with Crippen LogP contribution in [0.2, 0.25) is 0 Å². The maximum atomic E-state index is 11.4. The zero-order valence-corrected chi connectivity index (χ0v) is 8.24. The van der Waals surface area contributed by atoms with E-state index >= 15 is 0 Å². The van der Waals surface area contributed by atoms with E-state index in [0.29, 0.717) is 4.91 Å². The average Bonchev–Trinajstić information content (AvgIpc) is 2.40. The van der Waals surface area contributed by atoms with Gasteiger partial charge in [0.2, 0.25) is 5.91 Å². The van der Waals surface area contributed by atoms with E-state index in [-0.39, 0.29) is 23.6 Å². The number of amides is 1.